The van der Waals surface area contributed by atoms with E-state index in [-0.39, 0.29) is 23.6 Å². The van der Waals surface area contributed by atoms with Gasteiger partial charge >= 0.3 is 0 Å². The Balaban J connectivity index is 1.51. The van der Waals surface area contributed by atoms with Crippen molar-refractivity contribution in [1.82, 2.24) is 19.7 Å². The lowest BCUT2D eigenvalue weighted by Gasteiger charge is -2.23. The third kappa shape index (κ3) is 3.18. The van der Waals surface area contributed by atoms with Gasteiger partial charge in [0.15, 0.2) is 11.4 Å². The Hall–Kier alpha value is -3.16. The number of carbonyl (C=O) groups is 2. The molecule has 0 spiro atoms. The second-order valence-corrected chi connectivity index (χ2v) is 6.94. The molecule has 2 amide bonds. The molecule has 0 bridgehead atoms. The maximum Gasteiger partial charge on any atom is 0.290 e. The number of fused-ring (bicyclic) bond motifs is 1. The van der Waals surface area contributed by atoms with E-state index in [4.69, 9.17) is 4.42 Å². The third-order valence-corrected chi connectivity index (χ3v) is 4.74. The third-order valence-electron chi connectivity index (χ3n) is 4.74. The predicted molar refractivity (Wildman–Crippen MR) is 99.3 cm³/mol. The standard InChI is InChI=1S/C19H21N5O3/c1-12(2)24-17-13(10-21-24)9-14(11-20-17)22-18(25)15-5-3-7-23(15)19(26)16-6-4-8-27-16/h4,6,8-12,15H,3,5,7H2,1-2H3,(H,22,25)/t15-/m0/s1. The molecule has 8 heteroatoms. The highest BCUT2D eigenvalue weighted by Gasteiger charge is 2.35. The van der Waals surface area contributed by atoms with Crippen LogP contribution in [0.25, 0.3) is 11.0 Å². The van der Waals surface area contributed by atoms with Crippen LogP contribution in [0.15, 0.2) is 41.3 Å². The first-order valence-electron chi connectivity index (χ1n) is 9.03. The lowest BCUT2D eigenvalue weighted by atomic mass is 10.2. The second kappa shape index (κ2) is 6.86. The van der Waals surface area contributed by atoms with E-state index >= 15 is 0 Å². The lowest BCUT2D eigenvalue weighted by Crippen LogP contribution is -2.43. The lowest BCUT2D eigenvalue weighted by molar-refractivity contribution is -0.119. The Morgan fingerprint density at radius 2 is 2.19 bits per heavy atom. The molecule has 3 aromatic heterocycles. The van der Waals surface area contributed by atoms with E-state index in [1.807, 2.05) is 24.6 Å². The molecule has 0 saturated carbocycles. The number of aromatic nitrogens is 3. The van der Waals surface area contributed by atoms with Crippen LogP contribution in [0.1, 0.15) is 43.3 Å². The van der Waals surface area contributed by atoms with E-state index in [9.17, 15) is 9.59 Å². The van der Waals surface area contributed by atoms with Crippen LogP contribution in [0.4, 0.5) is 5.69 Å². The molecule has 0 aliphatic carbocycles. The highest BCUT2D eigenvalue weighted by Crippen LogP contribution is 2.23. The molecule has 4 heterocycles. The van der Waals surface area contributed by atoms with E-state index in [0.29, 0.717) is 18.7 Å². The minimum atomic E-state index is -0.517. The van der Waals surface area contributed by atoms with Gasteiger partial charge in [0, 0.05) is 18.0 Å². The summed E-state index contributed by atoms with van der Waals surface area (Å²) in [5, 5.41) is 8.07. The summed E-state index contributed by atoms with van der Waals surface area (Å²) >= 11 is 0. The van der Waals surface area contributed by atoms with Gasteiger partial charge in [0.05, 0.1) is 24.3 Å². The monoisotopic (exact) mass is 367 g/mol. The van der Waals surface area contributed by atoms with Crippen molar-refractivity contribution in [1.29, 1.82) is 0 Å². The fraction of sp³-hybridized carbons (Fsp3) is 0.368. The summed E-state index contributed by atoms with van der Waals surface area (Å²) in [5.41, 5.74) is 1.37. The van der Waals surface area contributed by atoms with Gasteiger partial charge in [-0.25, -0.2) is 9.67 Å². The number of pyridine rings is 1. The highest BCUT2D eigenvalue weighted by atomic mass is 16.3. The van der Waals surface area contributed by atoms with Crippen LogP contribution in [0, 0.1) is 0 Å². The van der Waals surface area contributed by atoms with E-state index < -0.39 is 6.04 Å². The highest BCUT2D eigenvalue weighted by molar-refractivity contribution is 6.01. The summed E-state index contributed by atoms with van der Waals surface area (Å²) in [5.74, 6) is -0.229. The van der Waals surface area contributed by atoms with Crippen molar-refractivity contribution < 1.29 is 14.0 Å². The number of nitrogens with one attached hydrogen (secondary N) is 1. The molecule has 1 saturated heterocycles. The van der Waals surface area contributed by atoms with Gasteiger partial charge in [-0.3, -0.25) is 9.59 Å². The number of hydrogen-bond donors (Lipinski definition) is 1. The van der Waals surface area contributed by atoms with Crippen molar-refractivity contribution in [2.24, 2.45) is 0 Å². The largest absolute Gasteiger partial charge is 0.459 e. The average Bonchev–Trinajstić information content (AvgIpc) is 3.39. The molecule has 0 radical (unpaired) electrons. The van der Waals surface area contributed by atoms with E-state index in [2.05, 4.69) is 15.4 Å². The van der Waals surface area contributed by atoms with Crippen molar-refractivity contribution in [2.45, 2.75) is 38.8 Å². The summed E-state index contributed by atoms with van der Waals surface area (Å²) in [6, 6.07) is 4.81. The number of furan rings is 1. The van der Waals surface area contributed by atoms with Gasteiger partial charge < -0.3 is 14.6 Å². The quantitative estimate of drug-likeness (QED) is 0.765. The molecule has 4 rings (SSSR count). The smallest absolute Gasteiger partial charge is 0.290 e. The van der Waals surface area contributed by atoms with Crippen molar-refractivity contribution in [3.05, 3.63) is 42.6 Å². The summed E-state index contributed by atoms with van der Waals surface area (Å²) in [6.07, 6.45) is 6.22. The van der Waals surface area contributed by atoms with Crippen molar-refractivity contribution in [3.8, 4) is 0 Å². The van der Waals surface area contributed by atoms with Gasteiger partial charge in [-0.2, -0.15) is 5.10 Å². The van der Waals surface area contributed by atoms with Crippen LogP contribution >= 0.6 is 0 Å². The average molecular weight is 367 g/mol. The van der Waals surface area contributed by atoms with Gasteiger partial charge in [-0.15, -0.1) is 0 Å². The number of anilines is 1. The van der Waals surface area contributed by atoms with Crippen molar-refractivity contribution >= 4 is 28.5 Å². The predicted octanol–water partition coefficient (Wildman–Crippen LogP) is 2.85. The Morgan fingerprint density at radius 1 is 1.33 bits per heavy atom. The molecule has 3 aromatic rings. The van der Waals surface area contributed by atoms with E-state index in [1.54, 1.807) is 29.4 Å². The molecule has 1 aliphatic heterocycles. The minimum absolute atomic E-state index is 0.204. The molecule has 140 valence electrons. The number of amides is 2. The summed E-state index contributed by atoms with van der Waals surface area (Å²) in [4.78, 5) is 31.3. The fourth-order valence-corrected chi connectivity index (χ4v) is 3.44. The number of likely N-dealkylation sites (tertiary alicyclic amines) is 1. The van der Waals surface area contributed by atoms with Gasteiger partial charge in [0.2, 0.25) is 5.91 Å². The first kappa shape index (κ1) is 17.3. The number of hydrogen-bond acceptors (Lipinski definition) is 5. The molecule has 1 atom stereocenters. The molecule has 0 unspecified atom stereocenters. The topological polar surface area (TPSA) is 93.3 Å². The van der Waals surface area contributed by atoms with Crippen LogP contribution < -0.4 is 5.32 Å². The first-order valence-corrected chi connectivity index (χ1v) is 9.03. The maximum atomic E-state index is 12.8. The normalized spacial score (nSPS) is 17.0. The van der Waals surface area contributed by atoms with Gasteiger partial charge in [-0.05, 0) is 44.9 Å². The minimum Gasteiger partial charge on any atom is -0.459 e. The summed E-state index contributed by atoms with van der Waals surface area (Å²) in [6.45, 7) is 4.61. The summed E-state index contributed by atoms with van der Waals surface area (Å²) in [7, 11) is 0. The number of nitrogens with zero attached hydrogens (tertiary/aromatic N) is 4. The van der Waals surface area contributed by atoms with Crippen LogP contribution in [0.3, 0.4) is 0 Å². The van der Waals surface area contributed by atoms with Gasteiger partial charge in [0.25, 0.3) is 5.91 Å². The van der Waals surface area contributed by atoms with Crippen molar-refractivity contribution in [2.75, 3.05) is 11.9 Å². The van der Waals surface area contributed by atoms with E-state index in [0.717, 1.165) is 17.5 Å². The number of rotatable bonds is 4. The molecule has 0 aromatic carbocycles. The zero-order valence-electron chi connectivity index (χ0n) is 15.3. The Labute approximate surface area is 156 Å². The van der Waals surface area contributed by atoms with E-state index in [1.165, 1.54) is 6.26 Å². The Kier molecular flexibility index (Phi) is 4.39. The SMILES string of the molecule is CC(C)n1ncc2cc(NC(=O)[C@@H]3CCCN3C(=O)c3ccco3)cnc21. The van der Waals surface area contributed by atoms with Gasteiger partial charge in [-0.1, -0.05) is 0 Å². The Morgan fingerprint density at radius 3 is 2.93 bits per heavy atom. The molecule has 1 N–H and O–H groups in total. The molecular formula is C19H21N5O3. The fourth-order valence-electron chi connectivity index (χ4n) is 3.44. The zero-order valence-corrected chi connectivity index (χ0v) is 15.3. The van der Waals surface area contributed by atoms with Crippen LogP contribution in [-0.2, 0) is 4.79 Å². The van der Waals surface area contributed by atoms with Gasteiger partial charge in [0.1, 0.15) is 6.04 Å². The Bertz CT molecular complexity index is 977. The number of carbonyl (C=O) groups excluding carboxylic acids is 2. The van der Waals surface area contributed by atoms with Crippen LogP contribution in [0.5, 0.6) is 0 Å². The molecule has 1 aliphatic rings. The van der Waals surface area contributed by atoms with Crippen molar-refractivity contribution in [3.63, 3.8) is 0 Å². The second-order valence-electron chi connectivity index (χ2n) is 6.94. The van der Waals surface area contributed by atoms with Crippen LogP contribution in [0.2, 0.25) is 0 Å². The zero-order chi connectivity index (χ0) is 19.0. The molecular weight excluding hydrogens is 346 g/mol. The maximum absolute atomic E-state index is 12.8. The summed E-state index contributed by atoms with van der Waals surface area (Å²) < 4.78 is 7.02. The first-order chi connectivity index (χ1) is 13.0. The molecule has 1 fully saturated rings. The van der Waals surface area contributed by atoms with Crippen LogP contribution in [-0.4, -0.2) is 44.1 Å². The molecule has 8 nitrogen and oxygen atoms in total. The molecule has 27 heavy (non-hydrogen) atoms.